The number of rotatable bonds is 11. The standard InChI is InChI=1S/C27H30ClN3O8S2/c1-37-24-12-10-21(40(33,34)30-14-4-5-15-30)16-23(24)29-27(32)18-31(20-8-6-19(28)7-9-20)41(35,36)22-11-13-25(38-2)26(17-22)39-3/h6-13,16-17H,4-5,14-15,18H2,1-3H3,(H,29,32). The van der Waals surface area contributed by atoms with Crippen LogP contribution >= 0.6 is 11.6 Å². The molecule has 0 radical (unpaired) electrons. The van der Waals surface area contributed by atoms with Gasteiger partial charge in [0.2, 0.25) is 15.9 Å². The molecule has 0 saturated carbocycles. The zero-order valence-corrected chi connectivity index (χ0v) is 25.1. The first-order valence-electron chi connectivity index (χ1n) is 12.5. The second-order valence-corrected chi connectivity index (χ2v) is 13.3. The number of carbonyl (C=O) groups excluding carboxylic acids is 1. The Morgan fingerprint density at radius 1 is 0.829 bits per heavy atom. The van der Waals surface area contributed by atoms with E-state index in [1.807, 2.05) is 0 Å². The first-order chi connectivity index (χ1) is 19.5. The molecule has 1 aliphatic heterocycles. The van der Waals surface area contributed by atoms with Crippen LogP contribution in [0, 0.1) is 0 Å². The highest BCUT2D eigenvalue weighted by Crippen LogP contribution is 2.33. The van der Waals surface area contributed by atoms with Crippen LogP contribution in [-0.4, -0.2) is 68.0 Å². The van der Waals surface area contributed by atoms with Crippen LogP contribution in [0.25, 0.3) is 0 Å². The molecule has 1 amide bonds. The largest absolute Gasteiger partial charge is 0.495 e. The normalized spacial score (nSPS) is 14.0. The molecule has 1 saturated heterocycles. The summed E-state index contributed by atoms with van der Waals surface area (Å²) >= 11 is 6.02. The molecule has 3 aromatic rings. The van der Waals surface area contributed by atoms with Crippen LogP contribution in [0.15, 0.2) is 70.5 Å². The third-order valence-electron chi connectivity index (χ3n) is 6.49. The van der Waals surface area contributed by atoms with E-state index in [1.165, 1.54) is 86.3 Å². The summed E-state index contributed by atoms with van der Waals surface area (Å²) < 4.78 is 72.0. The SMILES string of the molecule is COc1ccc(S(=O)(=O)N2CCCC2)cc1NC(=O)CN(c1ccc(Cl)cc1)S(=O)(=O)c1ccc(OC)c(OC)c1. The highest BCUT2D eigenvalue weighted by Gasteiger charge is 2.30. The molecule has 14 heteroatoms. The van der Waals surface area contributed by atoms with Crippen molar-refractivity contribution in [3.63, 3.8) is 0 Å². The molecule has 1 aliphatic rings. The summed E-state index contributed by atoms with van der Waals surface area (Å²) in [5.74, 6) is -0.00882. The van der Waals surface area contributed by atoms with E-state index in [0.29, 0.717) is 23.9 Å². The van der Waals surface area contributed by atoms with E-state index in [9.17, 15) is 21.6 Å². The molecule has 0 spiro atoms. The zero-order chi connectivity index (χ0) is 29.8. The van der Waals surface area contributed by atoms with Crippen LogP contribution in [0.2, 0.25) is 5.02 Å². The number of nitrogens with one attached hydrogen (secondary N) is 1. The first-order valence-corrected chi connectivity index (χ1v) is 15.8. The van der Waals surface area contributed by atoms with Crippen LogP contribution < -0.4 is 23.8 Å². The molecule has 0 aromatic heterocycles. The second-order valence-electron chi connectivity index (χ2n) is 9.03. The van der Waals surface area contributed by atoms with Gasteiger partial charge in [-0.2, -0.15) is 4.31 Å². The van der Waals surface area contributed by atoms with Gasteiger partial charge in [-0.05, 0) is 67.4 Å². The summed E-state index contributed by atoms with van der Waals surface area (Å²) in [4.78, 5) is 13.2. The summed E-state index contributed by atoms with van der Waals surface area (Å²) in [7, 11) is -3.91. The van der Waals surface area contributed by atoms with E-state index < -0.39 is 32.5 Å². The molecule has 0 aliphatic carbocycles. The van der Waals surface area contributed by atoms with Gasteiger partial charge in [0.25, 0.3) is 10.0 Å². The van der Waals surface area contributed by atoms with Crippen molar-refractivity contribution in [2.45, 2.75) is 22.6 Å². The average molecular weight is 624 g/mol. The summed E-state index contributed by atoms with van der Waals surface area (Å²) in [5.41, 5.74) is 0.258. The molecule has 0 unspecified atom stereocenters. The Labute approximate surface area is 244 Å². The topological polar surface area (TPSA) is 132 Å². The highest BCUT2D eigenvalue weighted by molar-refractivity contribution is 7.92. The van der Waals surface area contributed by atoms with Crippen LogP contribution in [0.4, 0.5) is 11.4 Å². The molecule has 220 valence electrons. The van der Waals surface area contributed by atoms with Crippen molar-refractivity contribution in [2.24, 2.45) is 0 Å². The smallest absolute Gasteiger partial charge is 0.264 e. The Kier molecular flexibility index (Phi) is 9.32. The molecule has 41 heavy (non-hydrogen) atoms. The Morgan fingerprint density at radius 2 is 1.41 bits per heavy atom. The lowest BCUT2D eigenvalue weighted by Gasteiger charge is -2.25. The number of amides is 1. The van der Waals surface area contributed by atoms with E-state index in [2.05, 4.69) is 5.32 Å². The molecule has 1 heterocycles. The molecule has 1 N–H and O–H groups in total. The zero-order valence-electron chi connectivity index (χ0n) is 22.7. The van der Waals surface area contributed by atoms with E-state index in [0.717, 1.165) is 17.1 Å². The van der Waals surface area contributed by atoms with Crippen molar-refractivity contribution >= 4 is 48.9 Å². The number of ether oxygens (including phenoxy) is 3. The number of sulfonamides is 2. The molecule has 0 bridgehead atoms. The minimum absolute atomic E-state index is 0.0111. The number of methoxy groups -OCH3 is 3. The molecule has 0 atom stereocenters. The fourth-order valence-corrected chi connectivity index (χ4v) is 7.48. The Morgan fingerprint density at radius 3 is 2.02 bits per heavy atom. The fraction of sp³-hybridized carbons (Fsp3) is 0.296. The molecule has 11 nitrogen and oxygen atoms in total. The highest BCUT2D eigenvalue weighted by atomic mass is 35.5. The van der Waals surface area contributed by atoms with Crippen molar-refractivity contribution in [1.82, 2.24) is 4.31 Å². The number of hydrogen-bond donors (Lipinski definition) is 1. The third-order valence-corrected chi connectivity index (χ3v) is 10.4. The minimum Gasteiger partial charge on any atom is -0.495 e. The van der Waals surface area contributed by atoms with E-state index in [4.69, 9.17) is 25.8 Å². The van der Waals surface area contributed by atoms with Crippen molar-refractivity contribution in [3.8, 4) is 17.2 Å². The quantitative estimate of drug-likeness (QED) is 0.339. The molecule has 4 rings (SSSR count). The Balaban J connectivity index is 1.68. The number of halogens is 1. The molecule has 3 aromatic carbocycles. The summed E-state index contributed by atoms with van der Waals surface area (Å²) in [6.07, 6.45) is 1.54. The molecule has 1 fully saturated rings. The van der Waals surface area contributed by atoms with Crippen molar-refractivity contribution < 1.29 is 35.8 Å². The maximum absolute atomic E-state index is 13.8. The lowest BCUT2D eigenvalue weighted by molar-refractivity contribution is -0.114. The molecular formula is C27H30ClN3O8S2. The number of carbonyl (C=O) groups is 1. The van der Waals surface area contributed by atoms with Gasteiger partial charge in [0, 0.05) is 24.2 Å². The van der Waals surface area contributed by atoms with Gasteiger partial charge in [0.15, 0.2) is 11.5 Å². The predicted molar refractivity (Wildman–Crippen MR) is 155 cm³/mol. The van der Waals surface area contributed by atoms with Gasteiger partial charge in [-0.15, -0.1) is 0 Å². The predicted octanol–water partition coefficient (Wildman–Crippen LogP) is 3.98. The van der Waals surface area contributed by atoms with E-state index in [-0.39, 0.29) is 32.7 Å². The third kappa shape index (κ3) is 6.53. The fourth-order valence-electron chi connectivity index (χ4n) is 4.37. The Hall–Kier alpha value is -3.52. The van der Waals surface area contributed by atoms with Crippen LogP contribution in [0.3, 0.4) is 0 Å². The number of benzene rings is 3. The lowest BCUT2D eigenvalue weighted by Crippen LogP contribution is -2.38. The van der Waals surface area contributed by atoms with Crippen molar-refractivity contribution in [2.75, 3.05) is 50.6 Å². The lowest BCUT2D eigenvalue weighted by atomic mass is 10.3. The van der Waals surface area contributed by atoms with Gasteiger partial charge in [-0.3, -0.25) is 9.10 Å². The molecular weight excluding hydrogens is 594 g/mol. The van der Waals surface area contributed by atoms with Gasteiger partial charge in [-0.1, -0.05) is 11.6 Å². The van der Waals surface area contributed by atoms with E-state index in [1.54, 1.807) is 0 Å². The monoisotopic (exact) mass is 623 g/mol. The summed E-state index contributed by atoms with van der Waals surface area (Å²) in [6, 6.07) is 14.2. The number of hydrogen-bond acceptors (Lipinski definition) is 8. The number of nitrogens with zero attached hydrogens (tertiary/aromatic N) is 2. The van der Waals surface area contributed by atoms with Crippen molar-refractivity contribution in [1.29, 1.82) is 0 Å². The van der Waals surface area contributed by atoms with E-state index >= 15 is 0 Å². The summed E-state index contributed by atoms with van der Waals surface area (Å²) in [6.45, 7) is 0.185. The van der Waals surface area contributed by atoms with Gasteiger partial charge < -0.3 is 19.5 Å². The second kappa shape index (κ2) is 12.6. The van der Waals surface area contributed by atoms with Crippen LogP contribution in [0.5, 0.6) is 17.2 Å². The summed E-state index contributed by atoms with van der Waals surface area (Å²) in [5, 5.41) is 2.99. The Bertz CT molecular complexity index is 1620. The van der Waals surface area contributed by atoms with Gasteiger partial charge in [-0.25, -0.2) is 16.8 Å². The number of anilines is 2. The average Bonchev–Trinajstić information content (AvgIpc) is 3.52. The van der Waals surface area contributed by atoms with Crippen LogP contribution in [-0.2, 0) is 24.8 Å². The maximum atomic E-state index is 13.8. The van der Waals surface area contributed by atoms with Gasteiger partial charge >= 0.3 is 0 Å². The van der Waals surface area contributed by atoms with Crippen LogP contribution in [0.1, 0.15) is 12.8 Å². The van der Waals surface area contributed by atoms with Gasteiger partial charge in [0.1, 0.15) is 12.3 Å². The minimum atomic E-state index is -4.31. The first kappa shape index (κ1) is 30.4. The van der Waals surface area contributed by atoms with Gasteiger partial charge in [0.05, 0.1) is 42.5 Å². The maximum Gasteiger partial charge on any atom is 0.264 e. The van der Waals surface area contributed by atoms with Crippen molar-refractivity contribution in [3.05, 3.63) is 65.7 Å².